The molecule has 106 valence electrons. The number of ether oxygens (including phenoxy) is 1. The van der Waals surface area contributed by atoms with Crippen molar-refractivity contribution in [3.63, 3.8) is 0 Å². The third kappa shape index (κ3) is 3.86. The molecule has 0 aromatic heterocycles. The van der Waals surface area contributed by atoms with Crippen molar-refractivity contribution in [3.8, 4) is 0 Å². The molecule has 2 fully saturated rings. The number of likely N-dealkylation sites (tertiary alicyclic amines) is 1. The molecule has 0 amide bonds. The third-order valence-electron chi connectivity index (χ3n) is 4.53. The van der Waals surface area contributed by atoms with Crippen LogP contribution in [0.4, 0.5) is 0 Å². The smallest absolute Gasteiger partial charge is 0.0472 e. The Morgan fingerprint density at radius 3 is 2.50 bits per heavy atom. The monoisotopic (exact) mass is 272 g/mol. The number of hydrogen-bond acceptors (Lipinski definition) is 4. The van der Waals surface area contributed by atoms with Crippen molar-refractivity contribution < 1.29 is 4.74 Å². The molecule has 0 unspecified atom stereocenters. The predicted octanol–water partition coefficient (Wildman–Crippen LogP) is 1.83. The van der Waals surface area contributed by atoms with Gasteiger partial charge in [-0.1, -0.05) is 0 Å². The van der Waals surface area contributed by atoms with E-state index in [-0.39, 0.29) is 0 Å². The van der Waals surface area contributed by atoms with Crippen LogP contribution in [0.1, 0.15) is 25.7 Å². The molecule has 1 N–H and O–H groups in total. The van der Waals surface area contributed by atoms with Gasteiger partial charge in [0.05, 0.1) is 0 Å². The Kier molecular flexibility index (Phi) is 5.80. The first-order valence-corrected chi connectivity index (χ1v) is 8.54. The minimum atomic E-state index is 0.458. The molecule has 0 aliphatic carbocycles. The van der Waals surface area contributed by atoms with E-state index in [1.165, 1.54) is 45.3 Å². The lowest BCUT2D eigenvalue weighted by Crippen LogP contribution is -2.49. The molecule has 2 saturated heterocycles. The number of nitrogens with one attached hydrogen (secondary N) is 1. The van der Waals surface area contributed by atoms with Gasteiger partial charge in [0, 0.05) is 31.6 Å². The molecule has 2 aliphatic rings. The van der Waals surface area contributed by atoms with Crippen molar-refractivity contribution in [2.75, 3.05) is 52.7 Å². The largest absolute Gasteiger partial charge is 0.381 e. The van der Waals surface area contributed by atoms with Gasteiger partial charge >= 0.3 is 0 Å². The summed E-state index contributed by atoms with van der Waals surface area (Å²) in [6.07, 6.45) is 7.43. The number of hydrogen-bond donors (Lipinski definition) is 1. The third-order valence-corrected chi connectivity index (χ3v) is 5.67. The lowest BCUT2D eigenvalue weighted by molar-refractivity contribution is -0.00600. The van der Waals surface area contributed by atoms with Gasteiger partial charge < -0.3 is 15.0 Å². The zero-order chi connectivity index (χ0) is 12.8. The van der Waals surface area contributed by atoms with Gasteiger partial charge in [-0.05, 0) is 57.5 Å². The van der Waals surface area contributed by atoms with Gasteiger partial charge in [-0.2, -0.15) is 11.8 Å². The van der Waals surface area contributed by atoms with Crippen LogP contribution in [0.5, 0.6) is 0 Å². The van der Waals surface area contributed by atoms with Crippen LogP contribution >= 0.6 is 11.8 Å². The molecule has 4 heteroatoms. The van der Waals surface area contributed by atoms with E-state index in [1.807, 2.05) is 11.8 Å². The Morgan fingerprint density at radius 1 is 1.28 bits per heavy atom. The zero-order valence-corrected chi connectivity index (χ0v) is 12.7. The summed E-state index contributed by atoms with van der Waals surface area (Å²) >= 11 is 2.04. The van der Waals surface area contributed by atoms with E-state index in [2.05, 4.69) is 23.5 Å². The Bertz CT molecular complexity index is 230. The first-order valence-electron chi connectivity index (χ1n) is 7.25. The molecule has 0 radical (unpaired) electrons. The summed E-state index contributed by atoms with van der Waals surface area (Å²) in [4.78, 5) is 2.69. The molecule has 0 saturated carbocycles. The summed E-state index contributed by atoms with van der Waals surface area (Å²) in [5.41, 5.74) is 0.458. The van der Waals surface area contributed by atoms with Crippen molar-refractivity contribution in [1.82, 2.24) is 10.2 Å². The van der Waals surface area contributed by atoms with Crippen LogP contribution in [0.15, 0.2) is 0 Å². The summed E-state index contributed by atoms with van der Waals surface area (Å²) in [5.74, 6) is 0. The molecule has 2 rings (SSSR count). The Hall–Kier alpha value is 0.230. The second-order valence-electron chi connectivity index (χ2n) is 5.85. The topological polar surface area (TPSA) is 24.5 Å². The van der Waals surface area contributed by atoms with Crippen LogP contribution in [0.2, 0.25) is 0 Å². The fourth-order valence-corrected chi connectivity index (χ4v) is 4.03. The van der Waals surface area contributed by atoms with Gasteiger partial charge in [-0.15, -0.1) is 0 Å². The van der Waals surface area contributed by atoms with Crippen LogP contribution in [0.25, 0.3) is 0 Å². The molecule has 3 nitrogen and oxygen atoms in total. The molecule has 2 heterocycles. The molecule has 0 atom stereocenters. The maximum absolute atomic E-state index is 5.55. The average molecular weight is 272 g/mol. The molecule has 0 bridgehead atoms. The minimum absolute atomic E-state index is 0.458. The van der Waals surface area contributed by atoms with Crippen LogP contribution in [-0.4, -0.2) is 62.8 Å². The molecule has 0 spiro atoms. The highest BCUT2D eigenvalue weighted by molar-refractivity contribution is 7.99. The number of piperidine rings is 1. The van der Waals surface area contributed by atoms with Gasteiger partial charge in [0.25, 0.3) is 0 Å². The van der Waals surface area contributed by atoms with Crippen LogP contribution < -0.4 is 5.32 Å². The minimum Gasteiger partial charge on any atom is -0.381 e. The van der Waals surface area contributed by atoms with Crippen LogP contribution in [-0.2, 0) is 4.74 Å². The second kappa shape index (κ2) is 7.13. The maximum atomic E-state index is 5.55. The van der Waals surface area contributed by atoms with E-state index in [1.54, 1.807) is 0 Å². The Morgan fingerprint density at radius 2 is 1.94 bits per heavy atom. The summed E-state index contributed by atoms with van der Waals surface area (Å²) in [5, 5.41) is 4.30. The fraction of sp³-hybridized carbons (Fsp3) is 1.00. The highest BCUT2D eigenvalue weighted by atomic mass is 32.2. The van der Waals surface area contributed by atoms with E-state index in [9.17, 15) is 0 Å². The second-order valence-corrected chi connectivity index (χ2v) is 6.99. The number of nitrogens with zero attached hydrogens (tertiary/aromatic N) is 1. The summed E-state index contributed by atoms with van der Waals surface area (Å²) < 4.78 is 5.55. The Labute approximate surface area is 116 Å². The first-order chi connectivity index (χ1) is 8.78. The van der Waals surface area contributed by atoms with Crippen LogP contribution in [0.3, 0.4) is 0 Å². The van der Waals surface area contributed by atoms with Gasteiger partial charge in [0.15, 0.2) is 0 Å². The molecule has 0 aromatic carbocycles. The van der Waals surface area contributed by atoms with Crippen molar-refractivity contribution in [3.05, 3.63) is 0 Å². The lowest BCUT2D eigenvalue weighted by atomic mass is 9.79. The summed E-state index contributed by atoms with van der Waals surface area (Å²) in [6.45, 7) is 6.87. The van der Waals surface area contributed by atoms with E-state index >= 15 is 0 Å². The zero-order valence-electron chi connectivity index (χ0n) is 11.9. The molecule has 18 heavy (non-hydrogen) atoms. The van der Waals surface area contributed by atoms with Gasteiger partial charge in [-0.25, -0.2) is 0 Å². The Balaban J connectivity index is 1.85. The highest BCUT2D eigenvalue weighted by Crippen LogP contribution is 2.32. The van der Waals surface area contributed by atoms with Crippen LogP contribution in [0, 0.1) is 5.41 Å². The van der Waals surface area contributed by atoms with Gasteiger partial charge in [0.2, 0.25) is 0 Å². The van der Waals surface area contributed by atoms with Crippen molar-refractivity contribution >= 4 is 11.8 Å². The summed E-state index contributed by atoms with van der Waals surface area (Å²) in [7, 11) is 2.08. The molecule has 2 aliphatic heterocycles. The van der Waals surface area contributed by atoms with Crippen molar-refractivity contribution in [2.45, 2.75) is 30.9 Å². The molecular weight excluding hydrogens is 244 g/mol. The normalized spacial score (nSPS) is 26.3. The lowest BCUT2D eigenvalue weighted by Gasteiger charge is -2.43. The van der Waals surface area contributed by atoms with Gasteiger partial charge in [0.1, 0.15) is 0 Å². The fourth-order valence-electron chi connectivity index (χ4n) is 3.35. The quantitative estimate of drug-likeness (QED) is 0.825. The predicted molar refractivity (Wildman–Crippen MR) is 79.4 cm³/mol. The number of rotatable bonds is 5. The van der Waals surface area contributed by atoms with E-state index in [0.29, 0.717) is 5.41 Å². The average Bonchev–Trinajstić information content (AvgIpc) is 2.41. The van der Waals surface area contributed by atoms with Crippen molar-refractivity contribution in [2.24, 2.45) is 5.41 Å². The standard InChI is InChI=1S/C14H28N2OS/c1-15-11-14(5-9-17-10-6-14)12-16-7-3-13(18-2)4-8-16/h13,15H,3-12H2,1-2H3. The van der Waals surface area contributed by atoms with E-state index in [0.717, 1.165) is 25.0 Å². The van der Waals surface area contributed by atoms with Gasteiger partial charge in [-0.3, -0.25) is 0 Å². The van der Waals surface area contributed by atoms with Crippen molar-refractivity contribution in [1.29, 1.82) is 0 Å². The maximum Gasteiger partial charge on any atom is 0.0472 e. The van der Waals surface area contributed by atoms with E-state index in [4.69, 9.17) is 4.74 Å². The SMILES string of the molecule is CNCC1(CN2CCC(SC)CC2)CCOCC1. The first kappa shape index (κ1) is 14.6. The molecule has 0 aromatic rings. The van der Waals surface area contributed by atoms with E-state index < -0.39 is 0 Å². The summed E-state index contributed by atoms with van der Waals surface area (Å²) in [6, 6.07) is 0. The molecular formula is C14H28N2OS. The highest BCUT2D eigenvalue weighted by Gasteiger charge is 2.34. The number of thioether (sulfide) groups is 1.